The van der Waals surface area contributed by atoms with Crippen molar-refractivity contribution in [3.63, 3.8) is 0 Å². The van der Waals surface area contributed by atoms with Gasteiger partial charge in [0.1, 0.15) is 18.8 Å². The predicted molar refractivity (Wildman–Crippen MR) is 61.1 cm³/mol. The summed E-state index contributed by atoms with van der Waals surface area (Å²) >= 11 is 0. The van der Waals surface area contributed by atoms with Gasteiger partial charge in [-0.15, -0.1) is 0 Å². The first kappa shape index (κ1) is 10.4. The number of ether oxygens (including phenoxy) is 3. The molecule has 0 bridgehead atoms. The minimum atomic E-state index is -0.486. The SMILES string of the molecule is CC1(C)CC(=O)c2ccc3c(c2O1)OCCO3. The van der Waals surface area contributed by atoms with E-state index in [1.165, 1.54) is 0 Å². The van der Waals surface area contributed by atoms with Crippen LogP contribution in [0.4, 0.5) is 0 Å². The summed E-state index contributed by atoms with van der Waals surface area (Å²) in [6.45, 7) is 4.82. The average Bonchev–Trinajstić information content (AvgIpc) is 2.27. The fraction of sp³-hybridized carbons (Fsp3) is 0.462. The molecular weight excluding hydrogens is 220 g/mol. The Morgan fingerprint density at radius 2 is 1.88 bits per heavy atom. The second kappa shape index (κ2) is 3.39. The van der Waals surface area contributed by atoms with E-state index >= 15 is 0 Å². The molecule has 0 N–H and O–H groups in total. The summed E-state index contributed by atoms with van der Waals surface area (Å²) in [4.78, 5) is 12.0. The van der Waals surface area contributed by atoms with Gasteiger partial charge in [0.25, 0.3) is 0 Å². The van der Waals surface area contributed by atoms with Gasteiger partial charge in [-0.2, -0.15) is 0 Å². The van der Waals surface area contributed by atoms with Gasteiger partial charge in [-0.25, -0.2) is 0 Å². The van der Waals surface area contributed by atoms with Crippen LogP contribution in [0.15, 0.2) is 12.1 Å². The lowest BCUT2D eigenvalue weighted by Gasteiger charge is -2.33. The van der Waals surface area contributed by atoms with Gasteiger partial charge in [-0.1, -0.05) is 0 Å². The van der Waals surface area contributed by atoms with Gasteiger partial charge in [-0.3, -0.25) is 4.79 Å². The molecule has 0 unspecified atom stereocenters. The number of carbonyl (C=O) groups excluding carboxylic acids is 1. The summed E-state index contributed by atoms with van der Waals surface area (Å²) in [5.41, 5.74) is 0.105. The third kappa shape index (κ3) is 1.64. The smallest absolute Gasteiger partial charge is 0.204 e. The minimum Gasteiger partial charge on any atom is -0.486 e. The highest BCUT2D eigenvalue weighted by molar-refractivity contribution is 6.01. The summed E-state index contributed by atoms with van der Waals surface area (Å²) in [6.07, 6.45) is 0.389. The molecule has 2 aliphatic rings. The molecule has 0 saturated carbocycles. The molecule has 0 fully saturated rings. The fourth-order valence-electron chi connectivity index (χ4n) is 2.21. The lowest BCUT2D eigenvalue weighted by molar-refractivity contribution is 0.0570. The van der Waals surface area contributed by atoms with Crippen LogP contribution >= 0.6 is 0 Å². The Bertz CT molecular complexity index is 490. The number of ketones is 1. The van der Waals surface area contributed by atoms with Gasteiger partial charge in [0.2, 0.25) is 5.75 Å². The van der Waals surface area contributed by atoms with Crippen molar-refractivity contribution in [3.8, 4) is 17.2 Å². The Balaban J connectivity index is 2.16. The van der Waals surface area contributed by atoms with E-state index in [9.17, 15) is 4.79 Å². The van der Waals surface area contributed by atoms with E-state index in [-0.39, 0.29) is 5.78 Å². The highest BCUT2D eigenvalue weighted by atomic mass is 16.6. The van der Waals surface area contributed by atoms with Crippen molar-refractivity contribution in [2.45, 2.75) is 25.9 Å². The Kier molecular flexibility index (Phi) is 2.08. The van der Waals surface area contributed by atoms with Gasteiger partial charge in [0, 0.05) is 0 Å². The molecule has 90 valence electrons. The molecule has 0 radical (unpaired) electrons. The number of hydrogen-bond donors (Lipinski definition) is 0. The van der Waals surface area contributed by atoms with E-state index in [0.29, 0.717) is 42.4 Å². The molecule has 2 heterocycles. The Hall–Kier alpha value is -1.71. The number of carbonyl (C=O) groups is 1. The quantitative estimate of drug-likeness (QED) is 0.690. The van der Waals surface area contributed by atoms with Gasteiger partial charge in [0.15, 0.2) is 17.3 Å². The fourth-order valence-corrected chi connectivity index (χ4v) is 2.21. The summed E-state index contributed by atoms with van der Waals surface area (Å²) in [7, 11) is 0. The Morgan fingerprint density at radius 1 is 1.12 bits per heavy atom. The monoisotopic (exact) mass is 234 g/mol. The zero-order chi connectivity index (χ0) is 12.0. The molecule has 3 rings (SSSR count). The molecule has 0 saturated heterocycles. The minimum absolute atomic E-state index is 0.0909. The van der Waals surface area contributed by atoms with Crippen molar-refractivity contribution in [1.82, 2.24) is 0 Å². The number of Topliss-reactive ketones (excluding diaryl/α,β-unsaturated/α-hetero) is 1. The van der Waals surface area contributed by atoms with Crippen molar-refractivity contribution < 1.29 is 19.0 Å². The topological polar surface area (TPSA) is 44.8 Å². The Morgan fingerprint density at radius 3 is 2.71 bits per heavy atom. The maximum absolute atomic E-state index is 12.0. The second-order valence-electron chi connectivity index (χ2n) is 4.93. The maximum atomic E-state index is 12.0. The molecule has 0 aromatic heterocycles. The number of hydrogen-bond acceptors (Lipinski definition) is 4. The molecule has 17 heavy (non-hydrogen) atoms. The Labute approximate surface area is 99.5 Å². The van der Waals surface area contributed by atoms with Crippen LogP contribution in [0.2, 0.25) is 0 Å². The molecule has 1 aromatic rings. The van der Waals surface area contributed by atoms with Crippen LogP contribution in [0.5, 0.6) is 17.2 Å². The molecule has 4 nitrogen and oxygen atoms in total. The van der Waals surface area contributed by atoms with Crippen LogP contribution in [0.3, 0.4) is 0 Å². The zero-order valence-electron chi connectivity index (χ0n) is 9.91. The third-order valence-corrected chi connectivity index (χ3v) is 2.93. The lowest BCUT2D eigenvalue weighted by atomic mass is 9.92. The third-order valence-electron chi connectivity index (χ3n) is 2.93. The van der Waals surface area contributed by atoms with Crippen LogP contribution in [-0.2, 0) is 0 Å². The summed E-state index contributed by atoms with van der Waals surface area (Å²) in [6, 6.07) is 3.52. The van der Waals surface area contributed by atoms with E-state index < -0.39 is 5.60 Å². The van der Waals surface area contributed by atoms with Crippen LogP contribution < -0.4 is 14.2 Å². The van der Waals surface area contributed by atoms with Crippen molar-refractivity contribution in [1.29, 1.82) is 0 Å². The van der Waals surface area contributed by atoms with Gasteiger partial charge < -0.3 is 14.2 Å². The number of fused-ring (bicyclic) bond motifs is 3. The van der Waals surface area contributed by atoms with Crippen LogP contribution in [0, 0.1) is 0 Å². The van der Waals surface area contributed by atoms with Crippen molar-refractivity contribution in [3.05, 3.63) is 17.7 Å². The standard InChI is InChI=1S/C13H14O4/c1-13(2)7-9(14)8-3-4-10-12(11(8)17-13)16-6-5-15-10/h3-4H,5-7H2,1-2H3. The summed E-state index contributed by atoms with van der Waals surface area (Å²) in [5.74, 6) is 1.84. The van der Waals surface area contributed by atoms with E-state index in [0.717, 1.165) is 0 Å². The van der Waals surface area contributed by atoms with Crippen LogP contribution in [-0.4, -0.2) is 24.6 Å². The molecular formula is C13H14O4. The van der Waals surface area contributed by atoms with Crippen LogP contribution in [0.1, 0.15) is 30.6 Å². The highest BCUT2D eigenvalue weighted by Gasteiger charge is 2.36. The normalized spacial score (nSPS) is 20.5. The number of rotatable bonds is 0. The van der Waals surface area contributed by atoms with Gasteiger partial charge in [0.05, 0.1) is 12.0 Å². The molecule has 2 aliphatic heterocycles. The molecule has 0 aliphatic carbocycles. The molecule has 0 atom stereocenters. The van der Waals surface area contributed by atoms with Crippen LogP contribution in [0.25, 0.3) is 0 Å². The lowest BCUT2D eigenvalue weighted by Crippen LogP contribution is -2.36. The highest BCUT2D eigenvalue weighted by Crippen LogP contribution is 2.46. The van der Waals surface area contributed by atoms with E-state index in [1.807, 2.05) is 13.8 Å². The summed E-state index contributed by atoms with van der Waals surface area (Å²) in [5, 5.41) is 0. The zero-order valence-corrected chi connectivity index (χ0v) is 9.91. The van der Waals surface area contributed by atoms with Crippen molar-refractivity contribution in [2.75, 3.05) is 13.2 Å². The molecule has 0 spiro atoms. The van der Waals surface area contributed by atoms with Gasteiger partial charge >= 0.3 is 0 Å². The second-order valence-corrected chi connectivity index (χ2v) is 4.93. The maximum Gasteiger partial charge on any atom is 0.204 e. The van der Waals surface area contributed by atoms with E-state index in [4.69, 9.17) is 14.2 Å². The van der Waals surface area contributed by atoms with E-state index in [1.54, 1.807) is 12.1 Å². The van der Waals surface area contributed by atoms with Crippen molar-refractivity contribution in [2.24, 2.45) is 0 Å². The largest absolute Gasteiger partial charge is 0.486 e. The first-order chi connectivity index (χ1) is 8.07. The molecule has 4 heteroatoms. The molecule has 0 amide bonds. The average molecular weight is 234 g/mol. The van der Waals surface area contributed by atoms with Crippen molar-refractivity contribution >= 4 is 5.78 Å². The first-order valence-electron chi connectivity index (χ1n) is 5.72. The van der Waals surface area contributed by atoms with Gasteiger partial charge in [-0.05, 0) is 26.0 Å². The predicted octanol–water partition coefficient (Wildman–Crippen LogP) is 2.20. The van der Waals surface area contributed by atoms with E-state index in [2.05, 4.69) is 0 Å². The summed E-state index contributed by atoms with van der Waals surface area (Å²) < 4.78 is 16.9. The molecule has 1 aromatic carbocycles. The number of benzene rings is 1. The first-order valence-corrected chi connectivity index (χ1v) is 5.72.